The number of rotatable bonds is 5. The summed E-state index contributed by atoms with van der Waals surface area (Å²) in [5, 5.41) is 11.1. The summed E-state index contributed by atoms with van der Waals surface area (Å²) in [6, 6.07) is 7.17. The molecule has 1 aromatic heterocycles. The topological polar surface area (TPSA) is 66.6 Å². The van der Waals surface area contributed by atoms with Gasteiger partial charge in [-0.15, -0.1) is 0 Å². The van der Waals surface area contributed by atoms with E-state index in [2.05, 4.69) is 4.98 Å². The first kappa shape index (κ1) is 17.0. The minimum atomic E-state index is -0.733. The second-order valence-electron chi connectivity index (χ2n) is 6.51. The Hall–Kier alpha value is -1.85. The van der Waals surface area contributed by atoms with Gasteiger partial charge in [0.25, 0.3) is 0 Å². The molecule has 0 unspecified atom stereocenters. The smallest absolute Gasteiger partial charge is 0.228 e. The Morgan fingerprint density at radius 1 is 1.33 bits per heavy atom. The summed E-state index contributed by atoms with van der Waals surface area (Å²) in [5.41, 5.74) is 0.657. The van der Waals surface area contributed by atoms with Crippen LogP contribution in [0.5, 0.6) is 0 Å². The Morgan fingerprint density at radius 3 is 2.67 bits per heavy atom. The molecule has 2 aromatic rings. The van der Waals surface area contributed by atoms with Crippen molar-refractivity contribution in [1.29, 1.82) is 0 Å². The van der Waals surface area contributed by atoms with Crippen LogP contribution in [0.3, 0.4) is 0 Å². The number of aromatic nitrogens is 1. The van der Waals surface area contributed by atoms with Gasteiger partial charge in [0.05, 0.1) is 17.7 Å². The maximum atomic E-state index is 12.3. The molecule has 128 valence electrons. The van der Waals surface area contributed by atoms with Crippen LogP contribution < -0.4 is 0 Å². The number of hydrogen-bond acceptors (Lipinski definition) is 4. The third kappa shape index (κ3) is 3.97. The number of oxazole rings is 1. The van der Waals surface area contributed by atoms with Gasteiger partial charge >= 0.3 is 0 Å². The maximum absolute atomic E-state index is 12.3. The molecule has 1 heterocycles. The SMILES string of the molecule is CN(CC1(O)CCCC1)C(=O)Cc1coc(-c2ccc(Cl)cc2)n1. The van der Waals surface area contributed by atoms with Crippen molar-refractivity contribution in [3.63, 3.8) is 0 Å². The van der Waals surface area contributed by atoms with Gasteiger partial charge in [0.2, 0.25) is 11.8 Å². The molecule has 1 N–H and O–H groups in total. The summed E-state index contributed by atoms with van der Waals surface area (Å²) < 4.78 is 5.45. The molecule has 0 bridgehead atoms. The zero-order chi connectivity index (χ0) is 17.2. The molecular formula is C18H21ClN2O3. The number of hydrogen-bond donors (Lipinski definition) is 1. The molecular weight excluding hydrogens is 328 g/mol. The highest BCUT2D eigenvalue weighted by Gasteiger charge is 2.33. The molecule has 5 nitrogen and oxygen atoms in total. The Labute approximate surface area is 146 Å². The van der Waals surface area contributed by atoms with Gasteiger partial charge in [0.15, 0.2) is 0 Å². The second kappa shape index (κ2) is 6.95. The van der Waals surface area contributed by atoms with Gasteiger partial charge in [-0.25, -0.2) is 4.98 Å². The first-order valence-electron chi connectivity index (χ1n) is 8.12. The van der Waals surface area contributed by atoms with Crippen molar-refractivity contribution in [2.24, 2.45) is 0 Å². The van der Waals surface area contributed by atoms with Crippen LogP contribution in [0.2, 0.25) is 5.02 Å². The lowest BCUT2D eigenvalue weighted by Gasteiger charge is -2.28. The van der Waals surface area contributed by atoms with Gasteiger partial charge in [0, 0.05) is 24.2 Å². The molecule has 1 fully saturated rings. The molecule has 1 aliphatic carbocycles. The fourth-order valence-electron chi connectivity index (χ4n) is 3.12. The predicted octanol–water partition coefficient (Wildman–Crippen LogP) is 3.30. The van der Waals surface area contributed by atoms with E-state index in [1.165, 1.54) is 6.26 Å². The van der Waals surface area contributed by atoms with Crippen LogP contribution in [0.1, 0.15) is 31.4 Å². The molecule has 0 atom stereocenters. The lowest BCUT2D eigenvalue weighted by Crippen LogP contribution is -2.42. The van der Waals surface area contributed by atoms with E-state index < -0.39 is 5.60 Å². The van der Waals surface area contributed by atoms with E-state index in [4.69, 9.17) is 16.0 Å². The average molecular weight is 349 g/mol. The second-order valence-corrected chi connectivity index (χ2v) is 6.95. The summed E-state index contributed by atoms with van der Waals surface area (Å²) in [7, 11) is 1.72. The first-order chi connectivity index (χ1) is 11.5. The third-order valence-corrected chi connectivity index (χ3v) is 4.72. The van der Waals surface area contributed by atoms with E-state index in [9.17, 15) is 9.90 Å². The molecule has 0 radical (unpaired) electrons. The number of likely N-dealkylation sites (N-methyl/N-ethyl adjacent to an activating group) is 1. The Bertz CT molecular complexity index is 705. The van der Waals surface area contributed by atoms with E-state index >= 15 is 0 Å². The Kier molecular flexibility index (Phi) is 4.92. The highest BCUT2D eigenvalue weighted by Crippen LogP contribution is 2.30. The van der Waals surface area contributed by atoms with Crippen LogP contribution in [-0.2, 0) is 11.2 Å². The molecule has 0 spiro atoms. The molecule has 24 heavy (non-hydrogen) atoms. The number of halogens is 1. The van der Waals surface area contributed by atoms with E-state index in [0.717, 1.165) is 31.2 Å². The number of carbonyl (C=O) groups excluding carboxylic acids is 1. The van der Waals surface area contributed by atoms with Crippen molar-refractivity contribution >= 4 is 17.5 Å². The number of aliphatic hydroxyl groups is 1. The van der Waals surface area contributed by atoms with E-state index in [1.54, 1.807) is 24.1 Å². The van der Waals surface area contributed by atoms with Crippen molar-refractivity contribution < 1.29 is 14.3 Å². The largest absolute Gasteiger partial charge is 0.444 e. The standard InChI is InChI=1S/C18H21ClN2O3/c1-21(12-18(23)8-2-3-9-18)16(22)10-15-11-24-17(20-15)13-4-6-14(19)7-5-13/h4-7,11,23H,2-3,8-10,12H2,1H3. The summed E-state index contributed by atoms with van der Waals surface area (Å²) in [4.78, 5) is 18.3. The van der Waals surface area contributed by atoms with Crippen molar-refractivity contribution in [3.05, 3.63) is 41.2 Å². The van der Waals surface area contributed by atoms with Crippen molar-refractivity contribution in [2.75, 3.05) is 13.6 Å². The summed E-state index contributed by atoms with van der Waals surface area (Å²) in [5.74, 6) is 0.387. The van der Waals surface area contributed by atoms with Crippen LogP contribution in [0, 0.1) is 0 Å². The molecule has 1 saturated carbocycles. The third-order valence-electron chi connectivity index (χ3n) is 4.47. The van der Waals surface area contributed by atoms with Crippen molar-refractivity contribution in [1.82, 2.24) is 9.88 Å². The fourth-order valence-corrected chi connectivity index (χ4v) is 3.25. The van der Waals surface area contributed by atoms with Crippen molar-refractivity contribution in [2.45, 2.75) is 37.7 Å². The quantitative estimate of drug-likeness (QED) is 0.900. The zero-order valence-electron chi connectivity index (χ0n) is 13.7. The number of nitrogens with zero attached hydrogens (tertiary/aromatic N) is 2. The van der Waals surface area contributed by atoms with Gasteiger partial charge in [-0.05, 0) is 37.1 Å². The van der Waals surface area contributed by atoms with Crippen LogP contribution in [0.25, 0.3) is 11.5 Å². The van der Waals surface area contributed by atoms with Crippen LogP contribution in [0.4, 0.5) is 0 Å². The minimum absolute atomic E-state index is 0.0775. The average Bonchev–Trinajstić information content (AvgIpc) is 3.17. The highest BCUT2D eigenvalue weighted by atomic mass is 35.5. The number of amides is 1. The fraction of sp³-hybridized carbons (Fsp3) is 0.444. The van der Waals surface area contributed by atoms with Crippen LogP contribution in [-0.4, -0.2) is 40.1 Å². The Morgan fingerprint density at radius 2 is 2.00 bits per heavy atom. The number of carbonyl (C=O) groups is 1. The van der Waals surface area contributed by atoms with Gasteiger partial charge < -0.3 is 14.4 Å². The van der Waals surface area contributed by atoms with Gasteiger partial charge in [-0.2, -0.15) is 0 Å². The Balaban J connectivity index is 1.61. The maximum Gasteiger partial charge on any atom is 0.228 e. The van der Waals surface area contributed by atoms with Gasteiger partial charge in [0.1, 0.15) is 6.26 Å². The minimum Gasteiger partial charge on any atom is -0.444 e. The molecule has 1 amide bonds. The lowest BCUT2D eigenvalue weighted by atomic mass is 10.0. The first-order valence-corrected chi connectivity index (χ1v) is 8.50. The van der Waals surface area contributed by atoms with Crippen LogP contribution in [0.15, 0.2) is 34.9 Å². The molecule has 1 aliphatic rings. The molecule has 0 saturated heterocycles. The lowest BCUT2D eigenvalue weighted by molar-refractivity contribution is -0.132. The summed E-state index contributed by atoms with van der Waals surface area (Å²) in [6.07, 6.45) is 5.22. The molecule has 0 aliphatic heterocycles. The molecule has 6 heteroatoms. The molecule has 3 rings (SSSR count). The van der Waals surface area contributed by atoms with Crippen molar-refractivity contribution in [3.8, 4) is 11.5 Å². The highest BCUT2D eigenvalue weighted by molar-refractivity contribution is 6.30. The summed E-state index contributed by atoms with van der Waals surface area (Å²) in [6.45, 7) is 0.369. The monoisotopic (exact) mass is 348 g/mol. The predicted molar refractivity (Wildman–Crippen MR) is 91.7 cm³/mol. The zero-order valence-corrected chi connectivity index (χ0v) is 14.4. The van der Waals surface area contributed by atoms with Crippen LogP contribution >= 0.6 is 11.6 Å². The van der Waals surface area contributed by atoms with Gasteiger partial charge in [-0.1, -0.05) is 24.4 Å². The normalized spacial score (nSPS) is 16.3. The van der Waals surface area contributed by atoms with E-state index in [0.29, 0.717) is 23.2 Å². The summed E-state index contributed by atoms with van der Waals surface area (Å²) >= 11 is 5.87. The van der Waals surface area contributed by atoms with Gasteiger partial charge in [-0.3, -0.25) is 4.79 Å². The molecule has 1 aromatic carbocycles. The number of benzene rings is 1. The van der Waals surface area contributed by atoms with E-state index in [1.807, 2.05) is 12.1 Å². The van der Waals surface area contributed by atoms with E-state index in [-0.39, 0.29) is 12.3 Å².